The first-order valence-corrected chi connectivity index (χ1v) is 6.41. The molecule has 0 spiro atoms. The summed E-state index contributed by atoms with van der Waals surface area (Å²) in [6.07, 6.45) is 4.58. The van der Waals surface area contributed by atoms with Crippen LogP contribution >= 0.6 is 0 Å². The van der Waals surface area contributed by atoms with Gasteiger partial charge in [-0.1, -0.05) is 0 Å². The molecule has 100 valence electrons. The van der Waals surface area contributed by atoms with E-state index in [1.807, 2.05) is 7.05 Å². The van der Waals surface area contributed by atoms with E-state index in [4.69, 9.17) is 0 Å². The molecule has 0 atom stereocenters. The quantitative estimate of drug-likeness (QED) is 0.768. The molecule has 2 rings (SSSR count). The number of H-pyrrole nitrogens is 1. The Bertz CT molecular complexity index is 357. The molecule has 0 aromatic carbocycles. The van der Waals surface area contributed by atoms with Gasteiger partial charge in [0.1, 0.15) is 5.82 Å². The summed E-state index contributed by atoms with van der Waals surface area (Å²) >= 11 is 0. The smallest absolute Gasteiger partial charge is 0.236 e. The summed E-state index contributed by atoms with van der Waals surface area (Å²) in [4.78, 5) is 23.1. The number of nitrogens with zero attached hydrogens (tertiary/aromatic N) is 3. The number of rotatable bonds is 4. The Labute approximate surface area is 107 Å². The fraction of sp³-hybridized carbons (Fsp3) is 0.667. The number of likely N-dealkylation sites (N-methyl/N-ethyl adjacent to an activating group) is 1. The molecule has 1 aliphatic rings. The number of hydrogen-bond acceptors (Lipinski definition) is 4. The SMILES string of the molecule is CN(Cc1ncc[nH]1)C(=O)CN1CCCNCC1. The minimum atomic E-state index is 0.147. The Morgan fingerprint density at radius 1 is 1.50 bits per heavy atom. The molecule has 0 saturated carbocycles. The molecule has 1 saturated heterocycles. The predicted molar refractivity (Wildman–Crippen MR) is 69.0 cm³/mol. The van der Waals surface area contributed by atoms with Crippen LogP contribution < -0.4 is 5.32 Å². The minimum absolute atomic E-state index is 0.147. The first-order valence-electron chi connectivity index (χ1n) is 6.41. The van der Waals surface area contributed by atoms with Crippen LogP contribution in [0.2, 0.25) is 0 Å². The van der Waals surface area contributed by atoms with E-state index >= 15 is 0 Å². The first kappa shape index (κ1) is 13.0. The molecule has 0 bridgehead atoms. The lowest BCUT2D eigenvalue weighted by atomic mass is 10.3. The summed E-state index contributed by atoms with van der Waals surface area (Å²) in [5.74, 6) is 0.969. The Morgan fingerprint density at radius 2 is 2.39 bits per heavy atom. The maximum atomic E-state index is 12.1. The molecule has 6 nitrogen and oxygen atoms in total. The van der Waals surface area contributed by atoms with Gasteiger partial charge in [0.2, 0.25) is 5.91 Å². The van der Waals surface area contributed by atoms with Crippen LogP contribution in [0.1, 0.15) is 12.2 Å². The zero-order valence-corrected chi connectivity index (χ0v) is 10.9. The maximum absolute atomic E-state index is 12.1. The average Bonchev–Trinajstić information content (AvgIpc) is 2.72. The van der Waals surface area contributed by atoms with Gasteiger partial charge in [-0.2, -0.15) is 0 Å². The topological polar surface area (TPSA) is 64.3 Å². The summed E-state index contributed by atoms with van der Waals surface area (Å²) in [6, 6.07) is 0. The van der Waals surface area contributed by atoms with Gasteiger partial charge in [0.05, 0.1) is 13.1 Å². The van der Waals surface area contributed by atoms with Crippen LogP contribution in [-0.4, -0.2) is 65.4 Å². The van der Waals surface area contributed by atoms with Crippen LogP contribution in [0.15, 0.2) is 12.4 Å². The van der Waals surface area contributed by atoms with Crippen LogP contribution in [0.3, 0.4) is 0 Å². The lowest BCUT2D eigenvalue weighted by Gasteiger charge is -2.22. The number of amides is 1. The van der Waals surface area contributed by atoms with Gasteiger partial charge in [0, 0.05) is 32.5 Å². The van der Waals surface area contributed by atoms with Crippen molar-refractivity contribution in [2.75, 3.05) is 39.8 Å². The molecule has 0 radical (unpaired) electrons. The van der Waals surface area contributed by atoms with Crippen LogP contribution in [-0.2, 0) is 11.3 Å². The van der Waals surface area contributed by atoms with Gasteiger partial charge in [0.15, 0.2) is 0 Å². The Morgan fingerprint density at radius 3 is 3.17 bits per heavy atom. The highest BCUT2D eigenvalue weighted by Gasteiger charge is 2.16. The molecule has 1 aliphatic heterocycles. The summed E-state index contributed by atoms with van der Waals surface area (Å²) < 4.78 is 0. The number of carbonyl (C=O) groups excluding carboxylic acids is 1. The monoisotopic (exact) mass is 251 g/mol. The molecule has 1 fully saturated rings. The molecule has 18 heavy (non-hydrogen) atoms. The average molecular weight is 251 g/mol. The Hall–Kier alpha value is -1.40. The summed E-state index contributed by atoms with van der Waals surface area (Å²) in [7, 11) is 1.82. The van der Waals surface area contributed by atoms with E-state index in [-0.39, 0.29) is 5.91 Å². The highest BCUT2D eigenvalue weighted by atomic mass is 16.2. The standard InChI is InChI=1S/C12H21N5O/c1-16(9-11-14-4-5-15-11)12(18)10-17-7-2-3-13-6-8-17/h4-5,13H,2-3,6-10H2,1H3,(H,14,15). The lowest BCUT2D eigenvalue weighted by molar-refractivity contribution is -0.131. The van der Waals surface area contributed by atoms with Gasteiger partial charge < -0.3 is 15.2 Å². The van der Waals surface area contributed by atoms with E-state index < -0.39 is 0 Å². The summed E-state index contributed by atoms with van der Waals surface area (Å²) in [5, 5.41) is 3.33. The number of nitrogens with one attached hydrogen (secondary N) is 2. The first-order chi connectivity index (χ1) is 8.75. The molecule has 0 unspecified atom stereocenters. The zero-order valence-electron chi connectivity index (χ0n) is 10.9. The third-order valence-electron chi connectivity index (χ3n) is 3.16. The van der Waals surface area contributed by atoms with Gasteiger partial charge in [-0.25, -0.2) is 4.98 Å². The third-order valence-corrected chi connectivity index (χ3v) is 3.16. The predicted octanol–water partition coefficient (Wildman–Crippen LogP) is -0.337. The molecular formula is C12H21N5O. The van der Waals surface area contributed by atoms with Crippen LogP contribution in [0.25, 0.3) is 0 Å². The largest absolute Gasteiger partial charge is 0.347 e. The second-order valence-electron chi connectivity index (χ2n) is 4.67. The highest BCUT2D eigenvalue weighted by molar-refractivity contribution is 5.77. The maximum Gasteiger partial charge on any atom is 0.236 e. The van der Waals surface area contributed by atoms with Crippen molar-refractivity contribution in [1.29, 1.82) is 0 Å². The van der Waals surface area contributed by atoms with Crippen LogP contribution in [0.4, 0.5) is 0 Å². The lowest BCUT2D eigenvalue weighted by Crippen LogP contribution is -2.39. The minimum Gasteiger partial charge on any atom is -0.347 e. The molecule has 2 heterocycles. The van der Waals surface area contributed by atoms with E-state index in [0.29, 0.717) is 13.1 Å². The second kappa shape index (κ2) is 6.51. The van der Waals surface area contributed by atoms with Gasteiger partial charge in [-0.05, 0) is 19.5 Å². The van der Waals surface area contributed by atoms with E-state index in [1.54, 1.807) is 17.3 Å². The zero-order chi connectivity index (χ0) is 12.8. The number of imidazole rings is 1. The van der Waals surface area contributed by atoms with E-state index in [9.17, 15) is 4.79 Å². The molecule has 0 aliphatic carbocycles. The fourth-order valence-corrected chi connectivity index (χ4v) is 2.07. The van der Waals surface area contributed by atoms with Crippen LogP contribution in [0.5, 0.6) is 0 Å². The molecule has 2 N–H and O–H groups in total. The van der Waals surface area contributed by atoms with Gasteiger partial charge in [0.25, 0.3) is 0 Å². The molecule has 1 aromatic rings. The van der Waals surface area contributed by atoms with Gasteiger partial charge in [-0.3, -0.25) is 9.69 Å². The van der Waals surface area contributed by atoms with Crippen molar-refractivity contribution < 1.29 is 4.79 Å². The van der Waals surface area contributed by atoms with Crippen molar-refractivity contribution in [3.8, 4) is 0 Å². The van der Waals surface area contributed by atoms with Gasteiger partial charge in [-0.15, -0.1) is 0 Å². The van der Waals surface area contributed by atoms with Crippen molar-refractivity contribution >= 4 is 5.91 Å². The van der Waals surface area contributed by atoms with Crippen molar-refractivity contribution in [3.05, 3.63) is 18.2 Å². The Balaban J connectivity index is 1.79. The van der Waals surface area contributed by atoms with Crippen LogP contribution in [0, 0.1) is 0 Å². The molecular weight excluding hydrogens is 230 g/mol. The number of carbonyl (C=O) groups is 1. The van der Waals surface area contributed by atoms with Crippen molar-refractivity contribution in [2.24, 2.45) is 0 Å². The second-order valence-corrected chi connectivity index (χ2v) is 4.67. The van der Waals surface area contributed by atoms with E-state index in [0.717, 1.165) is 38.4 Å². The fourth-order valence-electron chi connectivity index (χ4n) is 2.07. The number of aromatic amines is 1. The summed E-state index contributed by atoms with van der Waals surface area (Å²) in [5.41, 5.74) is 0. The molecule has 6 heteroatoms. The Kier molecular flexibility index (Phi) is 4.72. The van der Waals surface area contributed by atoms with Crippen molar-refractivity contribution in [1.82, 2.24) is 25.1 Å². The normalized spacial score (nSPS) is 17.4. The number of hydrogen-bond donors (Lipinski definition) is 2. The van der Waals surface area contributed by atoms with Gasteiger partial charge >= 0.3 is 0 Å². The highest BCUT2D eigenvalue weighted by Crippen LogP contribution is 2.00. The molecule has 1 aromatic heterocycles. The van der Waals surface area contributed by atoms with E-state index in [2.05, 4.69) is 20.2 Å². The number of aromatic nitrogens is 2. The summed E-state index contributed by atoms with van der Waals surface area (Å²) in [6.45, 7) is 4.99. The molecule has 1 amide bonds. The van der Waals surface area contributed by atoms with Crippen molar-refractivity contribution in [3.63, 3.8) is 0 Å². The van der Waals surface area contributed by atoms with E-state index in [1.165, 1.54) is 0 Å². The third kappa shape index (κ3) is 3.82. The van der Waals surface area contributed by atoms with Crippen molar-refractivity contribution in [2.45, 2.75) is 13.0 Å².